The molecule has 0 bridgehead atoms. The van der Waals surface area contributed by atoms with Gasteiger partial charge in [0.25, 0.3) is 0 Å². The Hall–Kier alpha value is -2.24. The number of hydrogen-bond acceptors (Lipinski definition) is 3. The third-order valence-electron chi connectivity index (χ3n) is 3.36. The maximum Gasteiger partial charge on any atom is 0.322 e. The molecule has 0 unspecified atom stereocenters. The Morgan fingerprint density at radius 2 is 2.00 bits per heavy atom. The molecule has 2 amide bonds. The van der Waals surface area contributed by atoms with Gasteiger partial charge in [0.1, 0.15) is 5.75 Å². The van der Waals surface area contributed by atoms with Crippen molar-refractivity contribution in [2.45, 2.75) is 13.5 Å². The molecule has 128 valence electrons. The number of anilines is 1. The normalized spacial score (nSPS) is 10.3. The maximum absolute atomic E-state index is 12.5. The number of nitrogens with one attached hydrogen (secondary N) is 1. The van der Waals surface area contributed by atoms with E-state index >= 15 is 0 Å². The first-order chi connectivity index (χ1) is 11.6. The Kier molecular flexibility index (Phi) is 6.90. The molecule has 6 heteroatoms. The van der Waals surface area contributed by atoms with E-state index in [4.69, 9.17) is 16.3 Å². The molecule has 0 atom stereocenters. The van der Waals surface area contributed by atoms with E-state index in [1.807, 2.05) is 37.3 Å². The van der Waals surface area contributed by atoms with Crippen LogP contribution in [0.25, 0.3) is 0 Å². The van der Waals surface area contributed by atoms with E-state index in [0.717, 1.165) is 5.56 Å². The number of benzene rings is 2. The topological polar surface area (TPSA) is 61.8 Å². The van der Waals surface area contributed by atoms with Gasteiger partial charge in [0.15, 0.2) is 0 Å². The smallest absolute Gasteiger partial charge is 0.322 e. The van der Waals surface area contributed by atoms with Gasteiger partial charge in [-0.2, -0.15) is 0 Å². The highest BCUT2D eigenvalue weighted by atomic mass is 35.5. The van der Waals surface area contributed by atoms with Crippen molar-refractivity contribution in [1.29, 1.82) is 0 Å². The van der Waals surface area contributed by atoms with Crippen LogP contribution < -0.4 is 10.1 Å². The van der Waals surface area contributed by atoms with E-state index in [0.29, 0.717) is 29.6 Å². The number of hydrogen-bond donors (Lipinski definition) is 2. The number of ether oxygens (including phenoxy) is 1. The van der Waals surface area contributed by atoms with Crippen LogP contribution in [-0.2, 0) is 6.54 Å². The Morgan fingerprint density at radius 1 is 1.25 bits per heavy atom. The Morgan fingerprint density at radius 3 is 2.62 bits per heavy atom. The summed E-state index contributed by atoms with van der Waals surface area (Å²) >= 11 is 6.13. The quantitative estimate of drug-likeness (QED) is 0.800. The number of rotatable bonds is 7. The zero-order chi connectivity index (χ0) is 17.4. The highest BCUT2D eigenvalue weighted by Crippen LogP contribution is 2.27. The molecule has 2 aromatic carbocycles. The number of carbonyl (C=O) groups is 1. The first kappa shape index (κ1) is 18.1. The van der Waals surface area contributed by atoms with Crippen molar-refractivity contribution in [3.8, 4) is 5.75 Å². The first-order valence-electron chi connectivity index (χ1n) is 7.77. The standard InChI is InChI=1S/C18H21ClN2O3/c1-2-24-17-9-8-15(12-16(17)19)20-18(23)21(10-11-22)13-14-6-4-3-5-7-14/h3-9,12,22H,2,10-11,13H2,1H3,(H,20,23). The Labute approximate surface area is 146 Å². The van der Waals surface area contributed by atoms with E-state index in [2.05, 4.69) is 5.32 Å². The zero-order valence-corrected chi connectivity index (χ0v) is 14.3. The fraction of sp³-hybridized carbons (Fsp3) is 0.278. The number of carbonyl (C=O) groups excluding carboxylic acids is 1. The average Bonchev–Trinajstić information content (AvgIpc) is 2.58. The van der Waals surface area contributed by atoms with Gasteiger partial charge in [-0.3, -0.25) is 0 Å². The lowest BCUT2D eigenvalue weighted by atomic mass is 10.2. The van der Waals surface area contributed by atoms with Gasteiger partial charge in [0.05, 0.1) is 18.2 Å². The molecule has 2 rings (SSSR count). The summed E-state index contributed by atoms with van der Waals surface area (Å²) in [4.78, 5) is 14.0. The second-order valence-corrected chi connectivity index (χ2v) is 5.55. The van der Waals surface area contributed by atoms with Crippen molar-refractivity contribution < 1.29 is 14.6 Å². The molecule has 0 spiro atoms. The van der Waals surface area contributed by atoms with Gasteiger partial charge in [-0.15, -0.1) is 0 Å². The zero-order valence-electron chi connectivity index (χ0n) is 13.5. The molecular formula is C18H21ClN2O3. The summed E-state index contributed by atoms with van der Waals surface area (Å²) in [7, 11) is 0. The van der Waals surface area contributed by atoms with Crippen molar-refractivity contribution in [3.05, 3.63) is 59.1 Å². The predicted octanol–water partition coefficient (Wildman–Crippen LogP) is 3.77. The van der Waals surface area contributed by atoms with Gasteiger partial charge in [0.2, 0.25) is 0 Å². The summed E-state index contributed by atoms with van der Waals surface area (Å²) < 4.78 is 5.37. The van der Waals surface area contributed by atoms with E-state index in [-0.39, 0.29) is 19.2 Å². The van der Waals surface area contributed by atoms with Crippen molar-refractivity contribution in [2.75, 3.05) is 25.1 Å². The number of aliphatic hydroxyl groups is 1. The molecule has 0 fully saturated rings. The average molecular weight is 349 g/mol. The van der Waals surface area contributed by atoms with Crippen LogP contribution in [0.15, 0.2) is 48.5 Å². The lowest BCUT2D eigenvalue weighted by Crippen LogP contribution is -2.36. The minimum Gasteiger partial charge on any atom is -0.492 e. The molecule has 2 N–H and O–H groups in total. The third kappa shape index (κ3) is 5.15. The predicted molar refractivity (Wildman–Crippen MR) is 95.6 cm³/mol. The minimum absolute atomic E-state index is 0.107. The van der Waals surface area contributed by atoms with Gasteiger partial charge in [-0.25, -0.2) is 4.79 Å². The number of halogens is 1. The van der Waals surface area contributed by atoms with Crippen LogP contribution in [0.4, 0.5) is 10.5 Å². The van der Waals surface area contributed by atoms with Crippen molar-refractivity contribution in [1.82, 2.24) is 4.90 Å². The highest BCUT2D eigenvalue weighted by Gasteiger charge is 2.14. The van der Waals surface area contributed by atoms with Crippen LogP contribution in [0, 0.1) is 0 Å². The molecule has 2 aromatic rings. The molecule has 0 aliphatic rings. The summed E-state index contributed by atoms with van der Waals surface area (Å²) in [5.74, 6) is 0.577. The molecular weight excluding hydrogens is 328 g/mol. The molecule has 0 aliphatic carbocycles. The van der Waals surface area contributed by atoms with Gasteiger partial charge < -0.3 is 20.1 Å². The van der Waals surface area contributed by atoms with Crippen LogP contribution in [0.5, 0.6) is 5.75 Å². The summed E-state index contributed by atoms with van der Waals surface area (Å²) in [5.41, 5.74) is 1.57. The Bertz CT molecular complexity index is 665. The number of nitrogens with zero attached hydrogens (tertiary/aromatic N) is 1. The van der Waals surface area contributed by atoms with E-state index in [1.165, 1.54) is 0 Å². The Balaban J connectivity index is 2.06. The van der Waals surface area contributed by atoms with E-state index < -0.39 is 0 Å². The number of urea groups is 1. The summed E-state index contributed by atoms with van der Waals surface area (Å²) in [5, 5.41) is 12.4. The monoisotopic (exact) mass is 348 g/mol. The number of amides is 2. The van der Waals surface area contributed by atoms with Gasteiger partial charge in [-0.05, 0) is 30.7 Å². The van der Waals surface area contributed by atoms with Crippen LogP contribution in [0.2, 0.25) is 5.02 Å². The molecule has 5 nitrogen and oxygen atoms in total. The summed E-state index contributed by atoms with van der Waals surface area (Å²) in [6.45, 7) is 2.95. The second-order valence-electron chi connectivity index (χ2n) is 5.14. The second kappa shape index (κ2) is 9.15. The van der Waals surface area contributed by atoms with Crippen molar-refractivity contribution in [2.24, 2.45) is 0 Å². The summed E-state index contributed by atoms with van der Waals surface area (Å²) in [6, 6.07) is 14.4. The molecule has 24 heavy (non-hydrogen) atoms. The van der Waals surface area contributed by atoms with Crippen LogP contribution in [0.1, 0.15) is 12.5 Å². The van der Waals surface area contributed by atoms with E-state index in [9.17, 15) is 9.90 Å². The van der Waals surface area contributed by atoms with Crippen LogP contribution >= 0.6 is 11.6 Å². The minimum atomic E-state index is -0.298. The van der Waals surface area contributed by atoms with Crippen molar-refractivity contribution >= 4 is 23.3 Å². The fourth-order valence-corrected chi connectivity index (χ4v) is 2.47. The molecule has 0 heterocycles. The number of aliphatic hydroxyl groups excluding tert-OH is 1. The largest absolute Gasteiger partial charge is 0.492 e. The van der Waals surface area contributed by atoms with Gasteiger partial charge in [0, 0.05) is 18.8 Å². The third-order valence-corrected chi connectivity index (χ3v) is 3.65. The molecule has 0 radical (unpaired) electrons. The maximum atomic E-state index is 12.5. The fourth-order valence-electron chi connectivity index (χ4n) is 2.23. The SMILES string of the molecule is CCOc1ccc(NC(=O)N(CCO)Cc2ccccc2)cc1Cl. The van der Waals surface area contributed by atoms with E-state index in [1.54, 1.807) is 23.1 Å². The highest BCUT2D eigenvalue weighted by molar-refractivity contribution is 6.32. The molecule has 0 saturated heterocycles. The summed E-state index contributed by atoms with van der Waals surface area (Å²) in [6.07, 6.45) is 0. The first-order valence-corrected chi connectivity index (χ1v) is 8.15. The van der Waals surface area contributed by atoms with Crippen molar-refractivity contribution in [3.63, 3.8) is 0 Å². The molecule has 0 aliphatic heterocycles. The molecule has 0 aromatic heterocycles. The van der Waals surface area contributed by atoms with Crippen LogP contribution in [-0.4, -0.2) is 35.8 Å². The van der Waals surface area contributed by atoms with Gasteiger partial charge >= 0.3 is 6.03 Å². The lowest BCUT2D eigenvalue weighted by Gasteiger charge is -2.22. The molecule has 0 saturated carbocycles. The van der Waals surface area contributed by atoms with Crippen LogP contribution in [0.3, 0.4) is 0 Å². The lowest BCUT2D eigenvalue weighted by molar-refractivity contribution is 0.185. The van der Waals surface area contributed by atoms with Gasteiger partial charge in [-0.1, -0.05) is 41.9 Å².